The van der Waals surface area contributed by atoms with Gasteiger partial charge < -0.3 is 14.5 Å². The van der Waals surface area contributed by atoms with Gasteiger partial charge >= 0.3 is 0 Å². The number of hydrogen-bond donors (Lipinski definition) is 1. The lowest BCUT2D eigenvalue weighted by molar-refractivity contribution is 0.0818. The average Bonchev–Trinajstić information content (AvgIpc) is 3.25. The molecule has 8 nitrogen and oxygen atoms in total. The van der Waals surface area contributed by atoms with Crippen LogP contribution in [0.2, 0.25) is 5.02 Å². The van der Waals surface area contributed by atoms with Crippen LogP contribution in [0.3, 0.4) is 0 Å². The van der Waals surface area contributed by atoms with Gasteiger partial charge in [-0.15, -0.1) is 0 Å². The summed E-state index contributed by atoms with van der Waals surface area (Å²) in [5, 5.41) is 3.73. The lowest BCUT2D eigenvalue weighted by Gasteiger charge is -2.36. The molecule has 0 amide bonds. The van der Waals surface area contributed by atoms with Gasteiger partial charge in [0.15, 0.2) is 27.1 Å². The highest BCUT2D eigenvalue weighted by Gasteiger charge is 2.47. The Hall–Kier alpha value is -3.12. The number of benzene rings is 1. The number of nitrogens with one attached hydrogen (secondary N) is 1. The van der Waals surface area contributed by atoms with E-state index in [1.807, 2.05) is 0 Å². The molecule has 3 aromatic heterocycles. The van der Waals surface area contributed by atoms with Gasteiger partial charge in [-0.3, -0.25) is 0 Å². The van der Waals surface area contributed by atoms with E-state index in [9.17, 15) is 17.2 Å². The molecule has 1 aliphatic heterocycles. The number of aromatic nitrogens is 3. The van der Waals surface area contributed by atoms with Crippen molar-refractivity contribution in [3.63, 3.8) is 0 Å². The van der Waals surface area contributed by atoms with Crippen molar-refractivity contribution in [3.05, 3.63) is 52.9 Å². The summed E-state index contributed by atoms with van der Waals surface area (Å²) >= 11 is 6.11. The summed E-state index contributed by atoms with van der Waals surface area (Å²) in [6.07, 6.45) is -2.47. The van der Waals surface area contributed by atoms with Crippen molar-refractivity contribution in [1.82, 2.24) is 15.0 Å². The molecule has 1 N–H and O–H groups in total. The first-order chi connectivity index (χ1) is 18.0. The second-order valence-electron chi connectivity index (χ2n) is 9.45. The summed E-state index contributed by atoms with van der Waals surface area (Å²) in [6, 6.07) is 8.33. The van der Waals surface area contributed by atoms with Crippen LogP contribution < -0.4 is 10.1 Å². The molecule has 202 valence electrons. The Labute approximate surface area is 221 Å². The fourth-order valence-corrected chi connectivity index (χ4v) is 6.62. The molecule has 1 aliphatic rings. The molecule has 0 radical (unpaired) electrons. The molecule has 0 bridgehead atoms. The first-order valence-corrected chi connectivity index (χ1v) is 14.1. The third-order valence-corrected chi connectivity index (χ3v) is 8.67. The van der Waals surface area contributed by atoms with Gasteiger partial charge in [0.25, 0.3) is 6.43 Å². The van der Waals surface area contributed by atoms with E-state index in [1.54, 1.807) is 31.2 Å². The number of hydrogen-bond acceptors (Lipinski definition) is 8. The Kier molecular flexibility index (Phi) is 6.89. The standard InChI is InChI=1S/C25H24ClF3N4O4S/c1-13-12-38(34,35)8-7-25(13,29)17-9-15(26)11-31-24(17)36-14(2)10-30-22-20-19(32-23(33-22)21(27)28)16-5-3-4-6-18(16)37-20/h3-6,9,11,13-14,21H,7-8,10,12H2,1-2H3,(H,30,32,33)/t13-,14+,25+/m1/s1. The Morgan fingerprint density at radius 1 is 1.29 bits per heavy atom. The van der Waals surface area contributed by atoms with Crippen molar-refractivity contribution in [3.8, 4) is 5.88 Å². The quantitative estimate of drug-likeness (QED) is 0.295. The summed E-state index contributed by atoms with van der Waals surface area (Å²) in [5.41, 5.74) is -0.994. The van der Waals surface area contributed by atoms with E-state index in [-0.39, 0.29) is 57.9 Å². The SMILES string of the molecule is C[C@@H]1CS(=O)(=O)CC[C@@]1(F)c1cc(Cl)cnc1O[C@@H](C)CNc1nc(C(F)F)nc2c1oc1ccccc12. The fraction of sp³-hybridized carbons (Fsp3) is 0.400. The van der Waals surface area contributed by atoms with Crippen LogP contribution in [0.4, 0.5) is 19.0 Å². The van der Waals surface area contributed by atoms with E-state index < -0.39 is 39.8 Å². The molecule has 0 spiro atoms. The van der Waals surface area contributed by atoms with Gasteiger partial charge in [-0.2, -0.15) is 0 Å². The van der Waals surface area contributed by atoms with E-state index in [0.29, 0.717) is 11.0 Å². The lowest BCUT2D eigenvalue weighted by Crippen LogP contribution is -2.41. The second kappa shape index (κ2) is 9.88. The van der Waals surface area contributed by atoms with Gasteiger partial charge in [0.05, 0.1) is 28.6 Å². The molecule has 1 aromatic carbocycles. The highest BCUT2D eigenvalue weighted by Crippen LogP contribution is 2.46. The second-order valence-corrected chi connectivity index (χ2v) is 12.1. The topological polar surface area (TPSA) is 107 Å². The number of alkyl halides is 3. The van der Waals surface area contributed by atoms with Crippen molar-refractivity contribution in [2.75, 3.05) is 23.4 Å². The van der Waals surface area contributed by atoms with Crippen LogP contribution in [0.25, 0.3) is 22.1 Å². The number of sulfone groups is 1. The third-order valence-electron chi connectivity index (χ3n) is 6.63. The molecule has 3 atom stereocenters. The zero-order valence-corrected chi connectivity index (χ0v) is 22.0. The molecule has 0 aliphatic carbocycles. The zero-order valence-electron chi connectivity index (χ0n) is 20.4. The number of furan rings is 1. The molecule has 1 saturated heterocycles. The Bertz CT molecular complexity index is 1620. The van der Waals surface area contributed by atoms with Crippen molar-refractivity contribution < 1.29 is 30.7 Å². The summed E-state index contributed by atoms with van der Waals surface area (Å²) in [6.45, 7) is 3.28. The molecule has 5 rings (SSSR count). The zero-order chi connectivity index (χ0) is 27.2. The van der Waals surface area contributed by atoms with Crippen LogP contribution >= 0.6 is 11.6 Å². The van der Waals surface area contributed by atoms with Crippen LogP contribution in [0, 0.1) is 5.92 Å². The van der Waals surface area contributed by atoms with E-state index in [2.05, 4.69) is 20.3 Å². The summed E-state index contributed by atoms with van der Waals surface area (Å²) in [5.74, 6) is -2.06. The molecule has 0 unspecified atom stereocenters. The first-order valence-electron chi connectivity index (χ1n) is 11.9. The van der Waals surface area contributed by atoms with Gasteiger partial charge in [0.2, 0.25) is 5.88 Å². The summed E-state index contributed by atoms with van der Waals surface area (Å²) in [7, 11) is -3.35. The first kappa shape index (κ1) is 26.5. The smallest absolute Gasteiger partial charge is 0.297 e. The minimum Gasteiger partial charge on any atom is -0.472 e. The van der Waals surface area contributed by atoms with Gasteiger partial charge in [-0.1, -0.05) is 30.7 Å². The molecule has 1 fully saturated rings. The highest BCUT2D eigenvalue weighted by atomic mass is 35.5. The minimum absolute atomic E-state index is 0.0258. The van der Waals surface area contributed by atoms with Crippen LogP contribution in [0.1, 0.15) is 38.1 Å². The number of nitrogens with zero attached hydrogens (tertiary/aromatic N) is 3. The van der Waals surface area contributed by atoms with E-state index >= 15 is 4.39 Å². The van der Waals surface area contributed by atoms with Gasteiger partial charge in [0, 0.05) is 23.9 Å². The van der Waals surface area contributed by atoms with E-state index in [4.69, 9.17) is 20.8 Å². The minimum atomic E-state index is -3.35. The summed E-state index contributed by atoms with van der Waals surface area (Å²) in [4.78, 5) is 12.1. The van der Waals surface area contributed by atoms with Crippen LogP contribution in [-0.2, 0) is 15.5 Å². The molecule has 13 heteroatoms. The average molecular weight is 569 g/mol. The Balaban J connectivity index is 1.41. The number of rotatable bonds is 7. The maximum atomic E-state index is 16.2. The largest absolute Gasteiger partial charge is 0.472 e. The number of halogens is 4. The molecule has 4 aromatic rings. The number of ether oxygens (including phenoxy) is 1. The Morgan fingerprint density at radius 3 is 2.79 bits per heavy atom. The number of anilines is 1. The van der Waals surface area contributed by atoms with E-state index in [0.717, 1.165) is 0 Å². The predicted molar refractivity (Wildman–Crippen MR) is 137 cm³/mol. The van der Waals surface area contributed by atoms with Gasteiger partial charge in [-0.05, 0) is 25.1 Å². The van der Waals surface area contributed by atoms with Crippen LogP contribution in [0.15, 0.2) is 40.9 Å². The molecule has 38 heavy (non-hydrogen) atoms. The van der Waals surface area contributed by atoms with Crippen LogP contribution in [-0.4, -0.2) is 47.5 Å². The molecule has 4 heterocycles. The molecular formula is C25H24ClF3N4O4S. The maximum Gasteiger partial charge on any atom is 0.297 e. The Morgan fingerprint density at radius 2 is 2.05 bits per heavy atom. The van der Waals surface area contributed by atoms with Crippen molar-refractivity contribution in [1.29, 1.82) is 0 Å². The number of fused-ring (bicyclic) bond motifs is 3. The third kappa shape index (κ3) is 4.98. The fourth-order valence-electron chi connectivity index (χ4n) is 4.66. The van der Waals surface area contributed by atoms with Crippen LogP contribution in [0.5, 0.6) is 5.88 Å². The molecular weight excluding hydrogens is 545 g/mol. The lowest BCUT2D eigenvalue weighted by atomic mass is 9.83. The van der Waals surface area contributed by atoms with Crippen molar-refractivity contribution in [2.45, 2.75) is 38.5 Å². The highest BCUT2D eigenvalue weighted by molar-refractivity contribution is 7.91. The maximum absolute atomic E-state index is 16.2. The predicted octanol–water partition coefficient (Wildman–Crippen LogP) is 5.86. The van der Waals surface area contributed by atoms with Crippen molar-refractivity contribution in [2.24, 2.45) is 5.92 Å². The number of pyridine rings is 1. The van der Waals surface area contributed by atoms with E-state index in [1.165, 1.54) is 19.2 Å². The molecule has 0 saturated carbocycles. The van der Waals surface area contributed by atoms with Gasteiger partial charge in [0.1, 0.15) is 22.9 Å². The number of para-hydroxylation sites is 1. The summed E-state index contributed by atoms with van der Waals surface area (Å²) < 4.78 is 79.1. The van der Waals surface area contributed by atoms with Gasteiger partial charge in [-0.25, -0.2) is 36.5 Å². The normalized spacial score (nSPS) is 22.1. The monoisotopic (exact) mass is 568 g/mol. The van der Waals surface area contributed by atoms with Crippen molar-refractivity contribution >= 4 is 49.3 Å².